The van der Waals surface area contributed by atoms with Gasteiger partial charge in [0.05, 0.1) is 35.5 Å². The lowest BCUT2D eigenvalue weighted by Gasteiger charge is -2.27. The number of nitrogens with one attached hydrogen (secondary N) is 1. The third-order valence-corrected chi connectivity index (χ3v) is 14.6. The van der Waals surface area contributed by atoms with Crippen molar-refractivity contribution in [2.75, 3.05) is 64.0 Å². The molecule has 6 rings (SSSR count). The van der Waals surface area contributed by atoms with Gasteiger partial charge in [0.25, 0.3) is 16.0 Å². The van der Waals surface area contributed by atoms with Crippen LogP contribution in [0.4, 0.5) is 11.4 Å². The number of hydrogen-bond acceptors (Lipinski definition) is 11. The maximum absolute atomic E-state index is 13.0. The number of amides is 1. The highest BCUT2D eigenvalue weighted by molar-refractivity contribution is 7.85. The zero-order valence-corrected chi connectivity index (χ0v) is 42.1. The molecule has 1 aliphatic carbocycles. The van der Waals surface area contributed by atoms with Crippen LogP contribution in [0.1, 0.15) is 107 Å². The number of unbranched alkanes of at least 4 members (excludes halogenated alkanes) is 3. The zero-order valence-electron chi connectivity index (χ0n) is 40.4. The smallest absolute Gasteiger partial charge is 0.264 e. The van der Waals surface area contributed by atoms with Gasteiger partial charge >= 0.3 is 0 Å². The number of fused-ring (bicyclic) bond motifs is 2. The first-order chi connectivity index (χ1) is 32.3. The van der Waals surface area contributed by atoms with Gasteiger partial charge in [0.1, 0.15) is 29.6 Å². The van der Waals surface area contributed by atoms with Crippen molar-refractivity contribution in [1.82, 2.24) is 5.32 Å². The molecule has 1 amide bonds. The van der Waals surface area contributed by atoms with Gasteiger partial charge in [-0.1, -0.05) is 19.9 Å². The van der Waals surface area contributed by atoms with Crippen LogP contribution in [-0.4, -0.2) is 101 Å². The molecular formula is C52H67N3O11S2. The molecular weight excluding hydrogens is 907 g/mol. The molecule has 2 N–H and O–H groups in total. The SMILES string of the molecule is COCCCCNC(=O)c1ccc(OC2=C(/C=C/C3=[N+](CCCCS(=O)(=O)O)c4ccc(OC)cc4C3(C)C)CCC/C2=C\C=C2\N(CCCCS(=O)(=O)[O-])c3ccc(OC)cc3C2(C)C)cc1. The van der Waals surface area contributed by atoms with Gasteiger partial charge in [0.2, 0.25) is 5.69 Å². The zero-order chi connectivity index (χ0) is 49.3. The van der Waals surface area contributed by atoms with Crippen LogP contribution in [0, 0.1) is 0 Å². The van der Waals surface area contributed by atoms with Crippen molar-refractivity contribution in [2.45, 2.75) is 96.3 Å². The Morgan fingerprint density at radius 3 is 2.15 bits per heavy atom. The molecule has 0 atom stereocenters. The highest BCUT2D eigenvalue weighted by Crippen LogP contribution is 2.49. The first kappa shape index (κ1) is 52.1. The third-order valence-electron chi connectivity index (χ3n) is 13.0. The van der Waals surface area contributed by atoms with Gasteiger partial charge in [0.15, 0.2) is 5.71 Å². The fraction of sp³-hybridized carbons (Fsp3) is 0.462. The summed E-state index contributed by atoms with van der Waals surface area (Å²) in [5, 5.41) is 2.98. The van der Waals surface area contributed by atoms with E-state index in [2.05, 4.69) is 66.8 Å². The van der Waals surface area contributed by atoms with E-state index in [-0.39, 0.29) is 18.1 Å². The highest BCUT2D eigenvalue weighted by Gasteiger charge is 2.45. The lowest BCUT2D eigenvalue weighted by atomic mass is 9.81. The van der Waals surface area contributed by atoms with Crippen molar-refractivity contribution >= 4 is 43.2 Å². The number of rotatable bonds is 23. The van der Waals surface area contributed by atoms with E-state index in [1.807, 2.05) is 36.4 Å². The Kier molecular flexibility index (Phi) is 17.2. The number of nitrogens with zero attached hydrogens (tertiary/aromatic N) is 2. The van der Waals surface area contributed by atoms with E-state index in [4.69, 9.17) is 18.9 Å². The monoisotopic (exact) mass is 973 g/mol. The van der Waals surface area contributed by atoms with Crippen molar-refractivity contribution in [2.24, 2.45) is 0 Å². The molecule has 14 nitrogen and oxygen atoms in total. The van der Waals surface area contributed by atoms with Crippen LogP contribution >= 0.6 is 0 Å². The number of ether oxygens (including phenoxy) is 4. The van der Waals surface area contributed by atoms with Crippen molar-refractivity contribution in [3.63, 3.8) is 0 Å². The number of hydrogen-bond donors (Lipinski definition) is 2. The number of carbonyl (C=O) groups is 1. The van der Waals surface area contributed by atoms with E-state index in [0.29, 0.717) is 62.6 Å². The molecule has 0 unspecified atom stereocenters. The Hall–Kier alpha value is -5.26. The van der Waals surface area contributed by atoms with Crippen LogP contribution < -0.4 is 24.4 Å². The maximum Gasteiger partial charge on any atom is 0.264 e. The van der Waals surface area contributed by atoms with Gasteiger partial charge in [-0.3, -0.25) is 9.35 Å². The van der Waals surface area contributed by atoms with Gasteiger partial charge in [-0.25, -0.2) is 8.42 Å². The summed E-state index contributed by atoms with van der Waals surface area (Å²) in [4.78, 5) is 15.2. The van der Waals surface area contributed by atoms with Gasteiger partial charge in [-0.2, -0.15) is 13.0 Å². The topological polar surface area (TPSA) is 184 Å². The molecule has 68 heavy (non-hydrogen) atoms. The van der Waals surface area contributed by atoms with Crippen molar-refractivity contribution < 1.29 is 54.3 Å². The Balaban J connectivity index is 1.42. The molecule has 0 aromatic heterocycles. The minimum absolute atomic E-state index is 0.170. The highest BCUT2D eigenvalue weighted by atomic mass is 32.2. The number of methoxy groups -OCH3 is 3. The summed E-state index contributed by atoms with van der Waals surface area (Å²) in [5.41, 5.74) is 7.65. The van der Waals surface area contributed by atoms with Crippen LogP contribution in [0.2, 0.25) is 0 Å². The first-order valence-corrected chi connectivity index (χ1v) is 26.5. The summed E-state index contributed by atoms with van der Waals surface area (Å²) in [6, 6.07) is 19.1. The Bertz CT molecular complexity index is 2700. The second-order valence-electron chi connectivity index (χ2n) is 18.5. The fourth-order valence-electron chi connectivity index (χ4n) is 9.33. The molecule has 3 aromatic rings. The van der Waals surface area contributed by atoms with Gasteiger partial charge in [-0.15, -0.1) is 0 Å². The molecule has 0 saturated heterocycles. The van der Waals surface area contributed by atoms with Crippen LogP contribution in [0.5, 0.6) is 17.2 Å². The molecule has 0 spiro atoms. The van der Waals surface area contributed by atoms with Crippen molar-refractivity contribution in [1.29, 1.82) is 0 Å². The van der Waals surface area contributed by atoms with Gasteiger partial charge in [0, 0.05) is 79.0 Å². The maximum atomic E-state index is 13.0. The standard InChI is InChI=1S/C52H67N3O11S2/c1-51(2)43-35-41(64-6)23-25-45(43)54(30-9-12-33-67(57,58)59)47(51)27-19-37-15-14-16-38(49(37)66-40-21-17-39(18-22-40)50(56)53-29-8-11-32-63-5)20-28-48-52(3,4)44-36-42(65-7)24-26-46(44)55(48)31-10-13-34-68(60,61)62/h17-28,35-36H,8-16,29-34H2,1-7H3,(H2-,53,56,57,58,59,60,61,62). The minimum Gasteiger partial charge on any atom is -0.748 e. The molecule has 2 aliphatic heterocycles. The van der Waals surface area contributed by atoms with Crippen molar-refractivity contribution in [3.8, 4) is 17.2 Å². The molecule has 16 heteroatoms. The summed E-state index contributed by atoms with van der Waals surface area (Å²) in [5.74, 6) is 1.80. The molecule has 0 saturated carbocycles. The van der Waals surface area contributed by atoms with Crippen LogP contribution in [0.15, 0.2) is 108 Å². The van der Waals surface area contributed by atoms with Crippen LogP contribution in [-0.2, 0) is 35.8 Å². The average molecular weight is 974 g/mol. The molecule has 3 aromatic carbocycles. The Morgan fingerprint density at radius 1 is 0.794 bits per heavy atom. The quantitative estimate of drug-likeness (QED) is 0.0524. The summed E-state index contributed by atoms with van der Waals surface area (Å²) in [7, 11) is -3.51. The van der Waals surface area contributed by atoms with Crippen LogP contribution in [0.25, 0.3) is 0 Å². The molecule has 3 aliphatic rings. The van der Waals surface area contributed by atoms with Crippen LogP contribution in [0.3, 0.4) is 0 Å². The third kappa shape index (κ3) is 12.9. The molecule has 2 heterocycles. The largest absolute Gasteiger partial charge is 0.748 e. The summed E-state index contributed by atoms with van der Waals surface area (Å²) >= 11 is 0. The van der Waals surface area contributed by atoms with E-state index in [1.165, 1.54) is 0 Å². The predicted octanol–water partition coefficient (Wildman–Crippen LogP) is 8.91. The number of benzene rings is 3. The number of carbonyl (C=O) groups excluding carboxylic acids is 1. The molecule has 0 bridgehead atoms. The Morgan fingerprint density at radius 2 is 1.47 bits per heavy atom. The first-order valence-electron chi connectivity index (χ1n) is 23.3. The van der Waals surface area contributed by atoms with E-state index in [0.717, 1.165) is 88.7 Å². The molecule has 0 fully saturated rings. The summed E-state index contributed by atoms with van der Waals surface area (Å²) in [6.45, 7) is 10.8. The lowest BCUT2D eigenvalue weighted by Crippen LogP contribution is -2.28. The average Bonchev–Trinajstić information content (AvgIpc) is 3.64. The predicted molar refractivity (Wildman–Crippen MR) is 265 cm³/mol. The van der Waals surface area contributed by atoms with Gasteiger partial charge in [-0.05, 0) is 149 Å². The van der Waals surface area contributed by atoms with E-state index < -0.39 is 36.8 Å². The molecule has 368 valence electrons. The normalized spacial score (nSPS) is 17.9. The summed E-state index contributed by atoms with van der Waals surface area (Å²) in [6.07, 6.45) is 14.0. The Labute approximate surface area is 402 Å². The van der Waals surface area contributed by atoms with E-state index in [9.17, 15) is 30.7 Å². The van der Waals surface area contributed by atoms with E-state index in [1.54, 1.807) is 45.6 Å². The number of allylic oxidation sites excluding steroid dienone is 7. The van der Waals surface area contributed by atoms with Crippen molar-refractivity contribution in [3.05, 3.63) is 124 Å². The second-order valence-corrected chi connectivity index (χ2v) is 21.6. The fourth-order valence-corrected chi connectivity index (χ4v) is 10.5. The summed E-state index contributed by atoms with van der Waals surface area (Å²) < 4.78 is 92.6. The second kappa shape index (κ2) is 22.4. The minimum atomic E-state index is -4.34. The number of anilines is 1. The lowest BCUT2D eigenvalue weighted by molar-refractivity contribution is -0.438. The van der Waals surface area contributed by atoms with Gasteiger partial charge < -0.3 is 33.7 Å². The molecule has 0 radical (unpaired) electrons. The van der Waals surface area contributed by atoms with E-state index >= 15 is 0 Å².